The van der Waals surface area contributed by atoms with Crippen LogP contribution in [-0.4, -0.2) is 28.3 Å². The number of aromatic carboxylic acids is 1. The summed E-state index contributed by atoms with van der Waals surface area (Å²) in [4.78, 5) is 15.2. The van der Waals surface area contributed by atoms with E-state index in [2.05, 4.69) is 10.1 Å². The molecular formula is C12H12N2O4. The summed E-state index contributed by atoms with van der Waals surface area (Å²) in [5.41, 5.74) is 0.954. The summed E-state index contributed by atoms with van der Waals surface area (Å²) in [6, 6.07) is 3.33. The van der Waals surface area contributed by atoms with Gasteiger partial charge in [0.15, 0.2) is 5.76 Å². The lowest BCUT2D eigenvalue weighted by molar-refractivity contribution is 0.0695. The Hall–Kier alpha value is -2.37. The molecule has 2 rings (SSSR count). The Morgan fingerprint density at radius 2 is 2.28 bits per heavy atom. The molecule has 0 spiro atoms. The van der Waals surface area contributed by atoms with E-state index in [1.807, 2.05) is 6.92 Å². The van der Waals surface area contributed by atoms with Gasteiger partial charge in [-0.2, -0.15) is 0 Å². The van der Waals surface area contributed by atoms with Crippen LogP contribution >= 0.6 is 0 Å². The SMILES string of the molecule is CCc1onc(-c2ccc(OC)nc2)c1C(=O)O. The summed E-state index contributed by atoms with van der Waals surface area (Å²) in [6.07, 6.45) is 1.97. The number of carbonyl (C=O) groups is 1. The van der Waals surface area contributed by atoms with Gasteiger partial charge in [0.25, 0.3) is 0 Å². The van der Waals surface area contributed by atoms with Gasteiger partial charge in [0.05, 0.1) is 7.11 Å². The van der Waals surface area contributed by atoms with Crippen LogP contribution < -0.4 is 4.74 Å². The van der Waals surface area contributed by atoms with Crippen molar-refractivity contribution < 1.29 is 19.2 Å². The van der Waals surface area contributed by atoms with E-state index in [-0.39, 0.29) is 11.3 Å². The van der Waals surface area contributed by atoms with Crippen LogP contribution in [0.5, 0.6) is 5.88 Å². The van der Waals surface area contributed by atoms with E-state index in [9.17, 15) is 9.90 Å². The van der Waals surface area contributed by atoms with Gasteiger partial charge < -0.3 is 14.4 Å². The third kappa shape index (κ3) is 2.04. The summed E-state index contributed by atoms with van der Waals surface area (Å²) in [7, 11) is 1.51. The van der Waals surface area contributed by atoms with Gasteiger partial charge in [-0.05, 0) is 6.07 Å². The fourth-order valence-corrected chi connectivity index (χ4v) is 1.62. The third-order valence-electron chi connectivity index (χ3n) is 2.52. The second-order valence-corrected chi connectivity index (χ2v) is 3.58. The molecule has 0 aromatic carbocycles. The van der Waals surface area contributed by atoms with E-state index < -0.39 is 5.97 Å². The van der Waals surface area contributed by atoms with Crippen LogP contribution in [-0.2, 0) is 6.42 Å². The molecule has 2 heterocycles. The van der Waals surface area contributed by atoms with Gasteiger partial charge >= 0.3 is 5.97 Å². The summed E-state index contributed by atoms with van der Waals surface area (Å²) in [5.74, 6) is -0.248. The molecule has 0 aliphatic carbocycles. The van der Waals surface area contributed by atoms with E-state index in [0.29, 0.717) is 23.6 Å². The van der Waals surface area contributed by atoms with Gasteiger partial charge in [0, 0.05) is 24.2 Å². The van der Waals surface area contributed by atoms with Crippen molar-refractivity contribution in [2.45, 2.75) is 13.3 Å². The van der Waals surface area contributed by atoms with Crippen LogP contribution in [0.25, 0.3) is 11.3 Å². The average Bonchev–Trinajstić information content (AvgIpc) is 2.82. The normalized spacial score (nSPS) is 10.3. The first-order chi connectivity index (χ1) is 8.67. The van der Waals surface area contributed by atoms with Gasteiger partial charge in [0.2, 0.25) is 5.88 Å². The lowest BCUT2D eigenvalue weighted by Crippen LogP contribution is -2.01. The minimum atomic E-state index is -1.06. The van der Waals surface area contributed by atoms with Gasteiger partial charge in [-0.3, -0.25) is 0 Å². The lowest BCUT2D eigenvalue weighted by atomic mass is 10.1. The van der Waals surface area contributed by atoms with E-state index in [1.54, 1.807) is 12.1 Å². The average molecular weight is 248 g/mol. The molecular weight excluding hydrogens is 236 g/mol. The maximum absolute atomic E-state index is 11.2. The highest BCUT2D eigenvalue weighted by Gasteiger charge is 2.22. The molecule has 0 unspecified atom stereocenters. The molecule has 18 heavy (non-hydrogen) atoms. The summed E-state index contributed by atoms with van der Waals surface area (Å²) >= 11 is 0. The molecule has 0 saturated heterocycles. The molecule has 2 aromatic rings. The van der Waals surface area contributed by atoms with Crippen LogP contribution in [0.3, 0.4) is 0 Å². The first-order valence-electron chi connectivity index (χ1n) is 5.39. The van der Waals surface area contributed by atoms with Gasteiger partial charge in [-0.15, -0.1) is 0 Å². The van der Waals surface area contributed by atoms with Crippen molar-refractivity contribution in [3.63, 3.8) is 0 Å². The van der Waals surface area contributed by atoms with E-state index in [4.69, 9.17) is 9.26 Å². The number of hydrogen-bond acceptors (Lipinski definition) is 5. The van der Waals surface area contributed by atoms with Crippen LogP contribution in [0.1, 0.15) is 23.0 Å². The molecule has 0 radical (unpaired) electrons. The fraction of sp³-hybridized carbons (Fsp3) is 0.250. The minimum Gasteiger partial charge on any atom is -0.481 e. The Bertz CT molecular complexity index is 560. The maximum atomic E-state index is 11.2. The Morgan fingerprint density at radius 3 is 2.78 bits per heavy atom. The number of nitrogens with zero attached hydrogens (tertiary/aromatic N) is 2. The molecule has 6 heteroatoms. The Balaban J connectivity index is 2.49. The maximum Gasteiger partial charge on any atom is 0.341 e. The number of pyridine rings is 1. The van der Waals surface area contributed by atoms with Crippen LogP contribution in [0.2, 0.25) is 0 Å². The zero-order chi connectivity index (χ0) is 13.1. The highest BCUT2D eigenvalue weighted by molar-refractivity contribution is 5.95. The molecule has 0 atom stereocenters. The highest BCUT2D eigenvalue weighted by atomic mass is 16.5. The van der Waals surface area contributed by atoms with Crippen molar-refractivity contribution in [1.82, 2.24) is 10.1 Å². The molecule has 1 N–H and O–H groups in total. The Labute approximate surface area is 103 Å². The van der Waals surface area contributed by atoms with E-state index in [0.717, 1.165) is 0 Å². The Kier molecular flexibility index (Phi) is 3.27. The van der Waals surface area contributed by atoms with Crippen molar-refractivity contribution in [1.29, 1.82) is 0 Å². The fourth-order valence-electron chi connectivity index (χ4n) is 1.62. The molecule has 2 aromatic heterocycles. The van der Waals surface area contributed by atoms with Crippen LogP contribution in [0, 0.1) is 0 Å². The number of aryl methyl sites for hydroxylation is 1. The summed E-state index contributed by atoms with van der Waals surface area (Å²) in [6.45, 7) is 1.81. The number of ether oxygens (including phenoxy) is 1. The molecule has 94 valence electrons. The standard InChI is InChI=1S/C12H12N2O4/c1-3-8-10(12(15)16)11(14-18-8)7-4-5-9(17-2)13-6-7/h4-6H,3H2,1-2H3,(H,15,16). The quantitative estimate of drug-likeness (QED) is 0.890. The lowest BCUT2D eigenvalue weighted by Gasteiger charge is -2.00. The van der Waals surface area contributed by atoms with Crippen molar-refractivity contribution in [3.8, 4) is 17.1 Å². The zero-order valence-electron chi connectivity index (χ0n) is 10.0. The predicted octanol–water partition coefficient (Wildman–Crippen LogP) is 2.01. The second-order valence-electron chi connectivity index (χ2n) is 3.58. The smallest absolute Gasteiger partial charge is 0.341 e. The number of methoxy groups -OCH3 is 1. The molecule has 0 aliphatic heterocycles. The topological polar surface area (TPSA) is 85.5 Å². The number of rotatable bonds is 4. The summed E-state index contributed by atoms with van der Waals surface area (Å²) in [5, 5.41) is 13.0. The third-order valence-corrected chi connectivity index (χ3v) is 2.52. The molecule has 0 bridgehead atoms. The molecule has 6 nitrogen and oxygen atoms in total. The molecule has 0 aliphatic rings. The number of carboxylic acids is 1. The Morgan fingerprint density at radius 1 is 1.50 bits per heavy atom. The van der Waals surface area contributed by atoms with Crippen LogP contribution in [0.15, 0.2) is 22.9 Å². The number of aromatic nitrogens is 2. The van der Waals surface area contributed by atoms with Crippen molar-refractivity contribution in [2.24, 2.45) is 0 Å². The first kappa shape index (κ1) is 12.1. The van der Waals surface area contributed by atoms with Crippen LogP contribution in [0.4, 0.5) is 0 Å². The first-order valence-corrected chi connectivity index (χ1v) is 5.39. The van der Waals surface area contributed by atoms with E-state index in [1.165, 1.54) is 13.3 Å². The van der Waals surface area contributed by atoms with Gasteiger partial charge in [0.1, 0.15) is 11.3 Å². The van der Waals surface area contributed by atoms with Gasteiger partial charge in [-0.1, -0.05) is 12.1 Å². The number of carboxylic acid groups (broad SMARTS) is 1. The van der Waals surface area contributed by atoms with Crippen molar-refractivity contribution in [2.75, 3.05) is 7.11 Å². The van der Waals surface area contributed by atoms with Crippen molar-refractivity contribution >= 4 is 5.97 Å². The van der Waals surface area contributed by atoms with Crippen molar-refractivity contribution in [3.05, 3.63) is 29.7 Å². The second kappa shape index (κ2) is 4.87. The van der Waals surface area contributed by atoms with E-state index >= 15 is 0 Å². The monoisotopic (exact) mass is 248 g/mol. The molecule has 0 fully saturated rings. The largest absolute Gasteiger partial charge is 0.481 e. The molecule has 0 saturated carbocycles. The minimum absolute atomic E-state index is 0.0875. The van der Waals surface area contributed by atoms with Gasteiger partial charge in [-0.25, -0.2) is 9.78 Å². The summed E-state index contributed by atoms with van der Waals surface area (Å²) < 4.78 is 9.97. The highest BCUT2D eigenvalue weighted by Crippen LogP contribution is 2.26. The number of hydrogen-bond donors (Lipinski definition) is 1. The zero-order valence-corrected chi connectivity index (χ0v) is 10.0. The molecule has 0 amide bonds. The predicted molar refractivity (Wildman–Crippen MR) is 62.6 cm³/mol.